The molecule has 0 spiro atoms. The van der Waals surface area contributed by atoms with Crippen molar-refractivity contribution in [1.29, 1.82) is 0 Å². The van der Waals surface area contributed by atoms with Crippen LogP contribution in [0.3, 0.4) is 0 Å². The number of carbonyl (C=O) groups excluding carboxylic acids is 1. The van der Waals surface area contributed by atoms with Crippen molar-refractivity contribution in [3.8, 4) is 0 Å². The molecule has 0 saturated carbocycles. The Hall–Kier alpha value is -2.35. The first-order chi connectivity index (χ1) is 10.3. The number of hydrogen-bond donors (Lipinski definition) is 2. The highest BCUT2D eigenvalue weighted by molar-refractivity contribution is 7.90. The summed E-state index contributed by atoms with van der Waals surface area (Å²) < 4.78 is 27.5. The molecule has 1 amide bonds. The largest absolute Gasteiger partial charge is 0.512 e. The predicted molar refractivity (Wildman–Crippen MR) is 83.2 cm³/mol. The molecule has 0 radical (unpaired) electrons. The highest BCUT2D eigenvalue weighted by atomic mass is 32.2. The van der Waals surface area contributed by atoms with Crippen LogP contribution >= 0.6 is 0 Å². The van der Waals surface area contributed by atoms with Crippen LogP contribution in [0.4, 0.5) is 5.69 Å². The van der Waals surface area contributed by atoms with E-state index in [1.54, 1.807) is 17.0 Å². The van der Waals surface area contributed by atoms with Crippen molar-refractivity contribution >= 4 is 27.5 Å². The molecule has 0 bridgehead atoms. The number of nitrogens with two attached hydrogens (primary N) is 1. The van der Waals surface area contributed by atoms with Gasteiger partial charge in [-0.3, -0.25) is 4.79 Å². The second-order valence-corrected chi connectivity index (χ2v) is 6.52. The molecule has 0 unspecified atom stereocenters. The molecule has 1 aromatic carbocycles. The van der Waals surface area contributed by atoms with Crippen molar-refractivity contribution in [2.45, 2.75) is 24.7 Å². The lowest BCUT2D eigenvalue weighted by atomic mass is 10.3. The van der Waals surface area contributed by atoms with Crippen LogP contribution in [-0.4, -0.2) is 31.8 Å². The molecule has 118 valence electrons. The Labute approximate surface area is 128 Å². The standard InChI is InChI=1S/C14H17N3O4S/c1-10(18)9-13(15)16-22(20,21)12-6-4-11(5-7-12)17-8-2-3-14(17)19/h4-7,9,18H,2-3,8H2,1H3,(H2,15,16)/b10-9-. The van der Waals surface area contributed by atoms with Gasteiger partial charge in [-0.25, -0.2) is 0 Å². The summed E-state index contributed by atoms with van der Waals surface area (Å²) in [6.07, 6.45) is 2.36. The second-order valence-electron chi connectivity index (χ2n) is 4.92. The number of carbonyl (C=O) groups is 1. The fourth-order valence-electron chi connectivity index (χ4n) is 2.15. The normalized spacial score (nSPS) is 17.1. The lowest BCUT2D eigenvalue weighted by Crippen LogP contribution is -2.23. The van der Waals surface area contributed by atoms with Gasteiger partial charge in [-0.2, -0.15) is 8.42 Å². The number of aliphatic hydroxyl groups is 1. The van der Waals surface area contributed by atoms with Gasteiger partial charge in [-0.1, -0.05) is 0 Å². The zero-order chi connectivity index (χ0) is 16.3. The molecule has 1 heterocycles. The van der Waals surface area contributed by atoms with Gasteiger partial charge in [0.15, 0.2) is 0 Å². The van der Waals surface area contributed by atoms with Crippen LogP contribution in [0, 0.1) is 0 Å². The number of aliphatic hydroxyl groups excluding tert-OH is 1. The van der Waals surface area contributed by atoms with Crippen LogP contribution in [0.1, 0.15) is 19.8 Å². The molecule has 1 aliphatic rings. The average molecular weight is 323 g/mol. The summed E-state index contributed by atoms with van der Waals surface area (Å²) in [5.74, 6) is -0.417. The van der Waals surface area contributed by atoms with Crippen LogP contribution in [0.25, 0.3) is 0 Å². The van der Waals surface area contributed by atoms with E-state index in [0.717, 1.165) is 12.5 Å². The van der Waals surface area contributed by atoms with Crippen molar-refractivity contribution in [1.82, 2.24) is 0 Å². The molecule has 1 aromatic rings. The van der Waals surface area contributed by atoms with Gasteiger partial charge in [0.2, 0.25) is 5.91 Å². The Morgan fingerprint density at radius 1 is 1.36 bits per heavy atom. The van der Waals surface area contributed by atoms with Crippen LogP contribution in [0.15, 0.2) is 45.4 Å². The van der Waals surface area contributed by atoms with E-state index < -0.39 is 10.0 Å². The van der Waals surface area contributed by atoms with Crippen LogP contribution in [0.5, 0.6) is 0 Å². The summed E-state index contributed by atoms with van der Waals surface area (Å²) >= 11 is 0. The molecule has 1 saturated heterocycles. The van der Waals surface area contributed by atoms with Gasteiger partial charge in [-0.05, 0) is 37.6 Å². The summed E-state index contributed by atoms with van der Waals surface area (Å²) in [7, 11) is -3.96. The fourth-order valence-corrected chi connectivity index (χ4v) is 3.07. The molecule has 0 aromatic heterocycles. The number of sulfonamides is 1. The van der Waals surface area contributed by atoms with E-state index >= 15 is 0 Å². The maximum Gasteiger partial charge on any atom is 0.284 e. The van der Waals surface area contributed by atoms with Crippen molar-refractivity contribution in [2.24, 2.45) is 10.1 Å². The third-order valence-electron chi connectivity index (χ3n) is 3.10. The highest BCUT2D eigenvalue weighted by Crippen LogP contribution is 2.23. The molecule has 0 atom stereocenters. The van der Waals surface area contributed by atoms with Gasteiger partial charge in [0.05, 0.1) is 10.7 Å². The first-order valence-corrected chi connectivity index (χ1v) is 8.12. The summed E-state index contributed by atoms with van der Waals surface area (Å²) in [6, 6.07) is 5.88. The topological polar surface area (TPSA) is 113 Å². The van der Waals surface area contributed by atoms with Crippen LogP contribution in [-0.2, 0) is 14.8 Å². The molecule has 0 aliphatic carbocycles. The highest BCUT2D eigenvalue weighted by Gasteiger charge is 2.22. The fraction of sp³-hybridized carbons (Fsp3) is 0.286. The molecule has 2 rings (SSSR count). The molecule has 1 fully saturated rings. The summed E-state index contributed by atoms with van der Waals surface area (Å²) in [5, 5.41) is 9.04. The number of anilines is 1. The van der Waals surface area contributed by atoms with Crippen LogP contribution < -0.4 is 10.6 Å². The molecule has 3 N–H and O–H groups in total. The first-order valence-electron chi connectivity index (χ1n) is 6.68. The number of rotatable bonds is 4. The lowest BCUT2D eigenvalue weighted by molar-refractivity contribution is -0.117. The Balaban J connectivity index is 2.26. The van der Waals surface area contributed by atoms with Crippen molar-refractivity contribution in [3.05, 3.63) is 36.1 Å². The minimum atomic E-state index is -3.96. The zero-order valence-electron chi connectivity index (χ0n) is 12.1. The van der Waals surface area contributed by atoms with E-state index in [1.807, 2.05) is 0 Å². The van der Waals surface area contributed by atoms with Crippen molar-refractivity contribution in [3.63, 3.8) is 0 Å². The molecule has 7 nitrogen and oxygen atoms in total. The van der Waals surface area contributed by atoms with Crippen molar-refractivity contribution < 1.29 is 18.3 Å². The smallest absolute Gasteiger partial charge is 0.284 e. The van der Waals surface area contributed by atoms with Gasteiger partial charge in [0.1, 0.15) is 5.84 Å². The Bertz CT molecular complexity index is 732. The maximum absolute atomic E-state index is 12.1. The van der Waals surface area contributed by atoms with E-state index in [-0.39, 0.29) is 22.4 Å². The van der Waals surface area contributed by atoms with Crippen molar-refractivity contribution in [2.75, 3.05) is 11.4 Å². The van der Waals surface area contributed by atoms with E-state index in [9.17, 15) is 13.2 Å². The van der Waals surface area contributed by atoms with Gasteiger partial charge in [0.25, 0.3) is 10.0 Å². The third kappa shape index (κ3) is 3.64. The Morgan fingerprint density at radius 3 is 2.50 bits per heavy atom. The van der Waals surface area contributed by atoms with E-state index in [2.05, 4.69) is 4.40 Å². The van der Waals surface area contributed by atoms with Gasteiger partial charge >= 0.3 is 0 Å². The summed E-state index contributed by atoms with van der Waals surface area (Å²) in [6.45, 7) is 1.99. The quantitative estimate of drug-likeness (QED) is 0.493. The minimum Gasteiger partial charge on any atom is -0.512 e. The summed E-state index contributed by atoms with van der Waals surface area (Å²) in [5.41, 5.74) is 6.08. The van der Waals surface area contributed by atoms with E-state index in [1.165, 1.54) is 19.1 Å². The van der Waals surface area contributed by atoms with Gasteiger partial charge in [-0.15, -0.1) is 4.40 Å². The number of amides is 1. The number of hydrogen-bond acceptors (Lipinski definition) is 4. The summed E-state index contributed by atoms with van der Waals surface area (Å²) in [4.78, 5) is 13.2. The first kappa shape index (κ1) is 16.0. The Morgan fingerprint density at radius 2 is 2.00 bits per heavy atom. The zero-order valence-corrected chi connectivity index (χ0v) is 12.9. The van der Waals surface area contributed by atoms with Crippen LogP contribution in [0.2, 0.25) is 0 Å². The Kier molecular flexibility index (Phi) is 4.51. The number of amidine groups is 1. The number of benzene rings is 1. The monoisotopic (exact) mass is 323 g/mol. The maximum atomic E-state index is 12.1. The predicted octanol–water partition coefficient (Wildman–Crippen LogP) is 1.32. The number of nitrogens with zero attached hydrogens (tertiary/aromatic N) is 2. The molecule has 22 heavy (non-hydrogen) atoms. The molecule has 8 heteroatoms. The van der Waals surface area contributed by atoms with Gasteiger partial charge < -0.3 is 15.7 Å². The SMILES string of the molecule is C/C(O)=C/C(N)=N\S(=O)(=O)c1ccc(N2CCCC2=O)cc1. The lowest BCUT2D eigenvalue weighted by Gasteiger charge is -2.15. The second kappa shape index (κ2) is 6.18. The molecular formula is C14H17N3O4S. The minimum absolute atomic E-state index is 0.0291. The van der Waals surface area contributed by atoms with E-state index in [4.69, 9.17) is 10.8 Å². The average Bonchev–Trinajstić information content (AvgIpc) is 2.83. The van der Waals surface area contributed by atoms with E-state index in [0.29, 0.717) is 18.7 Å². The molecule has 1 aliphatic heterocycles. The molecular weight excluding hydrogens is 306 g/mol. The third-order valence-corrected chi connectivity index (χ3v) is 4.42. The number of allylic oxidation sites excluding steroid dienone is 1. The van der Waals surface area contributed by atoms with Gasteiger partial charge in [0, 0.05) is 24.7 Å².